The summed E-state index contributed by atoms with van der Waals surface area (Å²) in [7, 11) is -11.4. The van der Waals surface area contributed by atoms with Crippen molar-refractivity contribution in [2.24, 2.45) is 0 Å². The van der Waals surface area contributed by atoms with Crippen LogP contribution in [0, 0.1) is 0 Å². The fourth-order valence-corrected chi connectivity index (χ4v) is 2.14. The van der Waals surface area contributed by atoms with Crippen molar-refractivity contribution in [3.8, 4) is 0 Å². The number of phosphoric ester groups is 2. The first-order valence-electron chi connectivity index (χ1n) is 4.59. The first-order valence-corrected chi connectivity index (χ1v) is 7.52. The van der Waals surface area contributed by atoms with Crippen molar-refractivity contribution in [1.82, 2.24) is 0 Å². The fraction of sp³-hybridized carbons (Fsp3) is 0.500. The Labute approximate surface area is 355 Å². The fourth-order valence-electron chi connectivity index (χ4n) is 1.24. The van der Waals surface area contributed by atoms with Crippen LogP contribution < -0.4 is 282 Å². The second-order valence-corrected chi connectivity index (χ2v) is 5.51. The van der Waals surface area contributed by atoms with E-state index in [9.17, 15) is 38.6 Å². The third-order valence-electron chi connectivity index (χ3n) is 1.89. The van der Waals surface area contributed by atoms with E-state index >= 15 is 0 Å². The molecule has 1 heterocycles. The van der Waals surface area contributed by atoms with E-state index < -0.39 is 51.9 Å². The van der Waals surface area contributed by atoms with Gasteiger partial charge in [-0.05, 0) is 5.76 Å². The van der Waals surface area contributed by atoms with E-state index in [1.54, 1.807) is 0 Å². The molecule has 12 nitrogen and oxygen atoms in total. The Morgan fingerprint density at radius 1 is 1.04 bits per heavy atom. The molecule has 0 amide bonds. The van der Waals surface area contributed by atoms with Gasteiger partial charge in [0.15, 0.2) is 0 Å². The maximum atomic E-state index is 11.5. The number of aliphatic hydroxyl groups is 1. The molecule has 0 saturated heterocycles. The largest absolute Gasteiger partial charge is 1.00 e. The van der Waals surface area contributed by atoms with Gasteiger partial charge in [0.05, 0.1) is 14.4 Å². The summed E-state index contributed by atoms with van der Waals surface area (Å²) in [5.74, 6) is -4.76. The number of hydrogen-bond acceptors (Lipinski definition) is 12. The number of ether oxygens (including phenoxy) is 1. The van der Waals surface area contributed by atoms with E-state index in [2.05, 4.69) is 13.8 Å². The normalized spacial score (nSPS) is 17.5. The zero-order chi connectivity index (χ0) is 15.7. The summed E-state index contributed by atoms with van der Waals surface area (Å²) in [5, 5.41) is 20.3. The standard InChI is InChI=1S/C6H10O12P2.5K/c7-1-2(17-19(10,11)12)4-3(8)5(6(9)16-4)18-20(13,14)15;;;;;/h2,4,7-8H,1H2,(H2,10,11,12)(H2,13,14,15);;;;;/q;5*+1/p-5/t2-,4+;;;;;/m0...../s1. The van der Waals surface area contributed by atoms with Gasteiger partial charge in [0.2, 0.25) is 5.76 Å². The second-order valence-electron chi connectivity index (χ2n) is 3.33. The third-order valence-corrected chi connectivity index (χ3v) is 2.82. The van der Waals surface area contributed by atoms with E-state index in [0.717, 1.165) is 0 Å². The topological polar surface area (TPSA) is 214 Å². The van der Waals surface area contributed by atoms with Crippen LogP contribution >= 0.6 is 15.6 Å². The molecule has 0 radical (unpaired) electrons. The van der Waals surface area contributed by atoms with Gasteiger partial charge in [0.25, 0.3) is 0 Å². The Morgan fingerprint density at radius 2 is 1.48 bits per heavy atom. The minimum atomic E-state index is -5.74. The van der Waals surface area contributed by atoms with Crippen molar-refractivity contribution in [3.63, 3.8) is 0 Å². The first kappa shape index (κ1) is 42.4. The summed E-state index contributed by atoms with van der Waals surface area (Å²) in [6.45, 7) is -1.22. The van der Waals surface area contributed by atoms with Gasteiger partial charge in [-0.25, -0.2) is 4.79 Å². The van der Waals surface area contributed by atoms with Crippen molar-refractivity contribution in [2.75, 3.05) is 6.61 Å². The van der Waals surface area contributed by atoms with Crippen LogP contribution in [0.5, 0.6) is 0 Å². The van der Waals surface area contributed by atoms with Gasteiger partial charge in [-0.2, -0.15) is 0 Å². The molecular weight excluding hydrogens is 521 g/mol. The Balaban J connectivity index is -0.000000267. The predicted octanol–water partition coefficient (Wildman–Crippen LogP) is -20.4. The zero-order valence-electron chi connectivity index (χ0n) is 14.2. The number of cyclic esters (lactones) is 1. The van der Waals surface area contributed by atoms with Crippen molar-refractivity contribution in [3.05, 3.63) is 11.5 Å². The summed E-state index contributed by atoms with van der Waals surface area (Å²) in [4.78, 5) is 52.4. The molecule has 0 aromatic rings. The number of esters is 1. The van der Waals surface area contributed by atoms with E-state index in [0.29, 0.717) is 0 Å². The predicted molar refractivity (Wildman–Crippen MR) is 45.2 cm³/mol. The minimum Gasteiger partial charge on any atom is -0.870 e. The number of rotatable bonds is 6. The first-order chi connectivity index (χ1) is 8.94. The number of carbonyl (C=O) groups is 1. The molecule has 1 rings (SSSR count). The van der Waals surface area contributed by atoms with E-state index in [-0.39, 0.29) is 257 Å². The second kappa shape index (κ2) is 19.5. The summed E-state index contributed by atoms with van der Waals surface area (Å²) >= 11 is 0. The van der Waals surface area contributed by atoms with Crippen molar-refractivity contribution >= 4 is 21.6 Å². The van der Waals surface area contributed by atoms with E-state index in [1.807, 2.05) is 0 Å². The monoisotopic (exact) mass is 526 g/mol. The van der Waals surface area contributed by atoms with E-state index in [1.165, 1.54) is 0 Å². The number of phosphoric acid groups is 2. The smallest absolute Gasteiger partial charge is 0.870 e. The molecule has 0 bridgehead atoms. The summed E-state index contributed by atoms with van der Waals surface area (Å²) in [6, 6.07) is 0. The molecule has 0 aromatic heterocycles. The molecule has 25 heavy (non-hydrogen) atoms. The van der Waals surface area contributed by atoms with Crippen LogP contribution in [0.1, 0.15) is 0 Å². The average molecular weight is 527 g/mol. The molecule has 0 unspecified atom stereocenters. The Morgan fingerprint density at radius 3 is 1.80 bits per heavy atom. The number of aliphatic hydroxyl groups excluding tert-OH is 1. The summed E-state index contributed by atoms with van der Waals surface area (Å²) in [5.41, 5.74) is 0. The molecular formula is C6H5K5O12P2. The Kier molecular flexibility index (Phi) is 33.1. The van der Waals surface area contributed by atoms with Gasteiger partial charge in [0, 0.05) is 0 Å². The molecule has 0 aromatic carbocycles. The SMILES string of the molecule is O=C1O[C@H]([C@H](CO)OP(=O)([O-])[O-])C([O-])=C1OP(=O)([O-])[O-].[K+].[K+].[K+].[K+].[K+]. The van der Waals surface area contributed by atoms with Gasteiger partial charge in [-0.1, -0.05) is 0 Å². The maximum Gasteiger partial charge on any atom is 1.00 e. The van der Waals surface area contributed by atoms with Crippen LogP contribution in [-0.2, 0) is 27.7 Å². The van der Waals surface area contributed by atoms with Crippen LogP contribution in [0.25, 0.3) is 0 Å². The van der Waals surface area contributed by atoms with Gasteiger partial charge in [-0.15, -0.1) is 0 Å². The van der Waals surface area contributed by atoms with Crippen molar-refractivity contribution in [2.45, 2.75) is 12.2 Å². The molecule has 0 fully saturated rings. The minimum absolute atomic E-state index is 0. The average Bonchev–Trinajstić information content (AvgIpc) is 2.51. The van der Waals surface area contributed by atoms with Crippen LogP contribution in [0.3, 0.4) is 0 Å². The number of hydrogen-bond donors (Lipinski definition) is 1. The van der Waals surface area contributed by atoms with Crippen LogP contribution in [-0.4, -0.2) is 29.9 Å². The Bertz CT molecular complexity index is 530. The molecule has 19 heteroatoms. The van der Waals surface area contributed by atoms with Crippen LogP contribution in [0.4, 0.5) is 0 Å². The molecule has 0 spiro atoms. The molecule has 0 aliphatic carbocycles. The van der Waals surface area contributed by atoms with Crippen molar-refractivity contribution < 1.29 is 314 Å². The van der Waals surface area contributed by atoms with Gasteiger partial charge >= 0.3 is 263 Å². The summed E-state index contributed by atoms with van der Waals surface area (Å²) in [6.07, 6.45) is -4.23. The molecule has 1 N–H and O–H groups in total. The quantitative estimate of drug-likeness (QED) is 0.194. The summed E-state index contributed by atoms with van der Waals surface area (Å²) < 4.78 is 32.2. The number of carbonyl (C=O) groups excluding carboxylic acids is 1. The molecule has 0 saturated carbocycles. The molecule has 116 valence electrons. The van der Waals surface area contributed by atoms with Gasteiger partial charge < -0.3 is 52.7 Å². The van der Waals surface area contributed by atoms with Crippen molar-refractivity contribution in [1.29, 1.82) is 0 Å². The molecule has 1 aliphatic rings. The molecule has 2 atom stereocenters. The Hall–Kier alpha value is 7.21. The van der Waals surface area contributed by atoms with Crippen LogP contribution in [0.2, 0.25) is 0 Å². The maximum absolute atomic E-state index is 11.5. The van der Waals surface area contributed by atoms with Gasteiger partial charge in [0.1, 0.15) is 20.0 Å². The van der Waals surface area contributed by atoms with Crippen LogP contribution in [0.15, 0.2) is 11.5 Å². The third kappa shape index (κ3) is 17.3. The van der Waals surface area contributed by atoms with Gasteiger partial charge in [-0.3, -0.25) is 0 Å². The van der Waals surface area contributed by atoms with E-state index in [4.69, 9.17) is 5.11 Å². The zero-order valence-corrected chi connectivity index (χ0v) is 31.6. The molecule has 1 aliphatic heterocycles.